The molecular formula is C32H69FNO3S+. The van der Waals surface area contributed by atoms with Crippen LogP contribution >= 0.6 is 0 Å². The van der Waals surface area contributed by atoms with Gasteiger partial charge in [0.15, 0.2) is 0 Å². The van der Waals surface area contributed by atoms with Gasteiger partial charge >= 0.3 is 0 Å². The number of alkyl halides is 1. The van der Waals surface area contributed by atoms with E-state index in [0.717, 1.165) is 32.1 Å². The molecule has 0 saturated heterocycles. The predicted octanol–water partition coefficient (Wildman–Crippen LogP) is 10.4. The van der Waals surface area contributed by atoms with Crippen LogP contribution in [0.25, 0.3) is 0 Å². The summed E-state index contributed by atoms with van der Waals surface area (Å²) in [6.07, 6.45) is 22.1. The standard InChI is InChI=1S/C24H49FO3S.C8H20N/c1-3-5-7-9-11-12-13-14-15-17-19-21-23-28-29(26,27)24(25)22-20-18-16-10-8-6-4-2;1-5-9(6-2,7-3)8-4/h24H,3-23H2,1-2H3;5-8H2,1-4H3/q;+1. The first-order chi connectivity index (χ1) is 18.3. The first-order valence-corrected chi connectivity index (χ1v) is 18.1. The summed E-state index contributed by atoms with van der Waals surface area (Å²) in [7, 11) is -4.04. The molecule has 0 aromatic rings. The number of quaternary nitrogens is 1. The first kappa shape index (κ1) is 39.9. The Labute approximate surface area is 239 Å². The van der Waals surface area contributed by atoms with Gasteiger partial charge in [-0.1, -0.05) is 123 Å². The third-order valence-corrected chi connectivity index (χ3v) is 9.63. The molecule has 0 N–H and O–H groups in total. The van der Waals surface area contributed by atoms with Crippen LogP contribution in [0.15, 0.2) is 0 Å². The minimum atomic E-state index is -4.04. The zero-order valence-corrected chi connectivity index (χ0v) is 27.5. The van der Waals surface area contributed by atoms with E-state index < -0.39 is 15.6 Å². The highest BCUT2D eigenvalue weighted by molar-refractivity contribution is 7.87. The summed E-state index contributed by atoms with van der Waals surface area (Å²) in [6.45, 7) is 18.8. The molecule has 0 fully saturated rings. The second-order valence-corrected chi connectivity index (χ2v) is 12.9. The summed E-state index contributed by atoms with van der Waals surface area (Å²) in [5, 5.41) is 0. The number of hydrogen-bond acceptors (Lipinski definition) is 3. The molecule has 1 unspecified atom stereocenters. The first-order valence-electron chi connectivity index (χ1n) is 16.7. The van der Waals surface area contributed by atoms with Crippen molar-refractivity contribution in [3.63, 3.8) is 0 Å². The fourth-order valence-electron chi connectivity index (χ4n) is 4.94. The molecule has 38 heavy (non-hydrogen) atoms. The van der Waals surface area contributed by atoms with Gasteiger partial charge in [0, 0.05) is 0 Å². The van der Waals surface area contributed by atoms with Crippen molar-refractivity contribution in [2.24, 2.45) is 0 Å². The second-order valence-electron chi connectivity index (χ2n) is 11.1. The lowest BCUT2D eigenvalue weighted by Gasteiger charge is -2.34. The van der Waals surface area contributed by atoms with Crippen LogP contribution in [-0.2, 0) is 14.3 Å². The highest BCUT2D eigenvalue weighted by Gasteiger charge is 2.25. The third kappa shape index (κ3) is 23.7. The Bertz CT molecular complexity index is 550. The summed E-state index contributed by atoms with van der Waals surface area (Å²) in [5.74, 6) is 0. The molecule has 0 spiro atoms. The Hall–Kier alpha value is -0.200. The number of unbranched alkanes of at least 4 members (excludes halogenated alkanes) is 17. The van der Waals surface area contributed by atoms with E-state index in [-0.39, 0.29) is 13.0 Å². The summed E-state index contributed by atoms with van der Waals surface area (Å²) in [5.41, 5.74) is -1.87. The van der Waals surface area contributed by atoms with Crippen LogP contribution in [0.5, 0.6) is 0 Å². The van der Waals surface area contributed by atoms with Crippen LogP contribution < -0.4 is 0 Å². The van der Waals surface area contributed by atoms with Gasteiger partial charge < -0.3 is 4.48 Å². The van der Waals surface area contributed by atoms with Crippen LogP contribution in [0, 0.1) is 0 Å². The number of hydrogen-bond donors (Lipinski definition) is 0. The van der Waals surface area contributed by atoms with E-state index in [0.29, 0.717) is 12.8 Å². The number of nitrogens with zero attached hydrogens (tertiary/aromatic N) is 1. The fraction of sp³-hybridized carbons (Fsp3) is 1.00. The minimum Gasteiger partial charge on any atom is -0.325 e. The lowest BCUT2D eigenvalue weighted by atomic mass is 10.1. The topological polar surface area (TPSA) is 43.4 Å². The molecule has 4 nitrogen and oxygen atoms in total. The zero-order chi connectivity index (χ0) is 29.0. The number of halogens is 1. The molecular weight excluding hydrogens is 497 g/mol. The molecule has 0 aliphatic carbocycles. The molecule has 0 heterocycles. The van der Waals surface area contributed by atoms with Crippen molar-refractivity contribution in [2.45, 2.75) is 175 Å². The van der Waals surface area contributed by atoms with Gasteiger partial charge in [0.2, 0.25) is 5.50 Å². The van der Waals surface area contributed by atoms with Crippen LogP contribution in [0.4, 0.5) is 4.39 Å². The fourth-order valence-corrected chi connectivity index (χ4v) is 5.89. The highest BCUT2D eigenvalue weighted by Crippen LogP contribution is 2.17. The maximum absolute atomic E-state index is 13.9. The van der Waals surface area contributed by atoms with Crippen LogP contribution in [0.3, 0.4) is 0 Å². The highest BCUT2D eigenvalue weighted by atomic mass is 32.2. The van der Waals surface area contributed by atoms with Crippen molar-refractivity contribution in [3.05, 3.63) is 0 Å². The minimum absolute atomic E-state index is 0.0640. The lowest BCUT2D eigenvalue weighted by molar-refractivity contribution is -0.921. The Morgan fingerprint density at radius 3 is 1.16 bits per heavy atom. The molecule has 0 aromatic carbocycles. The molecule has 0 radical (unpaired) electrons. The summed E-state index contributed by atoms with van der Waals surface area (Å²) < 4.78 is 43.8. The lowest BCUT2D eigenvalue weighted by Crippen LogP contribution is -2.47. The monoisotopic (exact) mass is 566 g/mol. The Morgan fingerprint density at radius 2 is 0.842 bits per heavy atom. The largest absolute Gasteiger partial charge is 0.325 e. The molecule has 1 atom stereocenters. The molecule has 6 heteroatoms. The molecule has 0 bridgehead atoms. The van der Waals surface area contributed by atoms with Crippen molar-refractivity contribution in [3.8, 4) is 0 Å². The average molecular weight is 567 g/mol. The molecule has 0 rings (SSSR count). The van der Waals surface area contributed by atoms with Gasteiger partial charge in [-0.25, -0.2) is 4.39 Å². The van der Waals surface area contributed by atoms with E-state index in [4.69, 9.17) is 4.18 Å². The Morgan fingerprint density at radius 1 is 0.526 bits per heavy atom. The maximum atomic E-state index is 13.9. The quantitative estimate of drug-likeness (QED) is 0.0564. The predicted molar refractivity (Wildman–Crippen MR) is 166 cm³/mol. The normalized spacial score (nSPS) is 12.8. The van der Waals surface area contributed by atoms with Crippen molar-refractivity contribution >= 4 is 10.1 Å². The molecule has 0 saturated carbocycles. The SMILES string of the molecule is CCCCCCCCCCCCCCOS(=O)(=O)C(F)CCCCCCCCC.CC[N+](CC)(CC)CC. The van der Waals surface area contributed by atoms with E-state index in [9.17, 15) is 12.8 Å². The van der Waals surface area contributed by atoms with Gasteiger partial charge in [-0.3, -0.25) is 4.18 Å². The second kappa shape index (κ2) is 28.3. The maximum Gasteiger partial charge on any atom is 0.299 e. The molecule has 0 amide bonds. The number of rotatable bonds is 27. The molecule has 0 aliphatic heterocycles. The van der Waals surface area contributed by atoms with E-state index in [2.05, 4.69) is 41.5 Å². The van der Waals surface area contributed by atoms with E-state index in [1.165, 1.54) is 108 Å². The van der Waals surface area contributed by atoms with Crippen molar-refractivity contribution in [1.29, 1.82) is 0 Å². The Kier molecular flexibility index (Phi) is 29.8. The summed E-state index contributed by atoms with van der Waals surface area (Å²) >= 11 is 0. The summed E-state index contributed by atoms with van der Waals surface area (Å²) in [6, 6.07) is 0. The van der Waals surface area contributed by atoms with Gasteiger partial charge in [-0.05, 0) is 47.0 Å². The van der Waals surface area contributed by atoms with E-state index >= 15 is 0 Å². The van der Waals surface area contributed by atoms with Gasteiger partial charge in [-0.15, -0.1) is 0 Å². The van der Waals surface area contributed by atoms with Gasteiger partial charge in [0.25, 0.3) is 10.1 Å². The van der Waals surface area contributed by atoms with Gasteiger partial charge in [0.1, 0.15) is 0 Å². The third-order valence-electron chi connectivity index (χ3n) is 8.28. The zero-order valence-electron chi connectivity index (χ0n) is 26.7. The Balaban J connectivity index is 0. The molecule has 232 valence electrons. The van der Waals surface area contributed by atoms with Crippen LogP contribution in [-0.4, -0.2) is 51.2 Å². The van der Waals surface area contributed by atoms with Crippen LogP contribution in [0.1, 0.15) is 170 Å². The van der Waals surface area contributed by atoms with Crippen LogP contribution in [0.2, 0.25) is 0 Å². The molecule has 0 aliphatic rings. The van der Waals surface area contributed by atoms with E-state index in [1.54, 1.807) is 0 Å². The van der Waals surface area contributed by atoms with Crippen molar-refractivity contribution in [2.75, 3.05) is 32.8 Å². The van der Waals surface area contributed by atoms with Crippen molar-refractivity contribution in [1.82, 2.24) is 0 Å². The van der Waals surface area contributed by atoms with E-state index in [1.807, 2.05) is 0 Å². The average Bonchev–Trinajstić information content (AvgIpc) is 2.92. The van der Waals surface area contributed by atoms with Crippen molar-refractivity contribution < 1.29 is 21.5 Å². The van der Waals surface area contributed by atoms with Gasteiger partial charge in [0.05, 0.1) is 32.8 Å². The summed E-state index contributed by atoms with van der Waals surface area (Å²) in [4.78, 5) is 0. The smallest absolute Gasteiger partial charge is 0.299 e. The van der Waals surface area contributed by atoms with Gasteiger partial charge in [-0.2, -0.15) is 8.42 Å². The molecule has 0 aromatic heterocycles.